The van der Waals surface area contributed by atoms with Crippen molar-refractivity contribution in [3.8, 4) is 0 Å². The van der Waals surface area contributed by atoms with Crippen molar-refractivity contribution in [1.29, 1.82) is 0 Å². The Labute approximate surface area is 92.9 Å². The molecule has 1 aliphatic rings. The van der Waals surface area contributed by atoms with Crippen LogP contribution in [0.4, 0.5) is 0 Å². The molecule has 3 nitrogen and oxygen atoms in total. The summed E-state index contributed by atoms with van der Waals surface area (Å²) in [7, 11) is 0. The Bertz CT molecular complexity index is 161. The molecule has 1 fully saturated rings. The van der Waals surface area contributed by atoms with Gasteiger partial charge in [0.15, 0.2) is 0 Å². The summed E-state index contributed by atoms with van der Waals surface area (Å²) >= 11 is 0. The van der Waals surface area contributed by atoms with Crippen LogP contribution in [-0.4, -0.2) is 35.5 Å². The van der Waals surface area contributed by atoms with Crippen LogP contribution < -0.4 is 5.32 Å². The molecule has 0 aliphatic heterocycles. The van der Waals surface area contributed by atoms with Crippen LogP contribution in [0.25, 0.3) is 0 Å². The van der Waals surface area contributed by atoms with E-state index in [2.05, 4.69) is 19.2 Å². The normalized spacial score (nSPS) is 27.6. The highest BCUT2D eigenvalue weighted by molar-refractivity contribution is 4.81. The third-order valence-electron chi connectivity index (χ3n) is 3.63. The van der Waals surface area contributed by atoms with Crippen LogP contribution in [0, 0.1) is 11.8 Å². The molecule has 3 N–H and O–H groups in total. The molecule has 0 atom stereocenters. The number of hydrogen-bond acceptors (Lipinski definition) is 3. The standard InChI is InChI=1S/C12H25NO2/c1-9(2)10-3-5-11(6-4-10)13-12(7-14)8-15/h9-15H,3-8H2,1-2H3. The van der Waals surface area contributed by atoms with Crippen LogP contribution in [-0.2, 0) is 0 Å². The first-order valence-corrected chi connectivity index (χ1v) is 6.15. The monoisotopic (exact) mass is 215 g/mol. The van der Waals surface area contributed by atoms with E-state index in [1.165, 1.54) is 25.7 Å². The lowest BCUT2D eigenvalue weighted by Gasteiger charge is -2.33. The lowest BCUT2D eigenvalue weighted by Crippen LogP contribution is -2.44. The summed E-state index contributed by atoms with van der Waals surface area (Å²) in [6.45, 7) is 4.65. The van der Waals surface area contributed by atoms with E-state index in [0.29, 0.717) is 6.04 Å². The van der Waals surface area contributed by atoms with Crippen molar-refractivity contribution in [3.05, 3.63) is 0 Å². The summed E-state index contributed by atoms with van der Waals surface area (Å²) in [6.07, 6.45) is 4.91. The van der Waals surface area contributed by atoms with Crippen LogP contribution in [0.1, 0.15) is 39.5 Å². The maximum absolute atomic E-state index is 8.97. The first-order chi connectivity index (χ1) is 7.17. The fourth-order valence-electron chi connectivity index (χ4n) is 2.45. The third kappa shape index (κ3) is 4.09. The largest absolute Gasteiger partial charge is 0.395 e. The zero-order valence-corrected chi connectivity index (χ0v) is 9.95. The molecule has 0 spiro atoms. The van der Waals surface area contributed by atoms with Crippen LogP contribution in [0.5, 0.6) is 0 Å². The zero-order chi connectivity index (χ0) is 11.3. The topological polar surface area (TPSA) is 52.5 Å². The SMILES string of the molecule is CC(C)C1CCC(NC(CO)CO)CC1. The molecule has 0 saturated heterocycles. The maximum Gasteiger partial charge on any atom is 0.0607 e. The smallest absolute Gasteiger partial charge is 0.0607 e. The lowest BCUT2D eigenvalue weighted by atomic mass is 9.79. The van der Waals surface area contributed by atoms with Gasteiger partial charge in [-0.3, -0.25) is 0 Å². The van der Waals surface area contributed by atoms with Crippen molar-refractivity contribution in [3.63, 3.8) is 0 Å². The van der Waals surface area contributed by atoms with Gasteiger partial charge in [-0.15, -0.1) is 0 Å². The summed E-state index contributed by atoms with van der Waals surface area (Å²) in [5.74, 6) is 1.65. The van der Waals surface area contributed by atoms with Gasteiger partial charge in [-0.05, 0) is 37.5 Å². The van der Waals surface area contributed by atoms with Crippen molar-refractivity contribution in [2.45, 2.75) is 51.6 Å². The third-order valence-corrected chi connectivity index (χ3v) is 3.63. The summed E-state index contributed by atoms with van der Waals surface area (Å²) in [6, 6.07) is 0.356. The average molecular weight is 215 g/mol. The first-order valence-electron chi connectivity index (χ1n) is 6.15. The van der Waals surface area contributed by atoms with E-state index in [9.17, 15) is 0 Å². The van der Waals surface area contributed by atoms with Crippen LogP contribution >= 0.6 is 0 Å². The highest BCUT2D eigenvalue weighted by Crippen LogP contribution is 2.29. The number of nitrogens with one attached hydrogen (secondary N) is 1. The van der Waals surface area contributed by atoms with Crippen LogP contribution in [0.15, 0.2) is 0 Å². The summed E-state index contributed by atoms with van der Waals surface area (Å²) < 4.78 is 0. The summed E-state index contributed by atoms with van der Waals surface area (Å²) in [5.41, 5.74) is 0. The van der Waals surface area contributed by atoms with Gasteiger partial charge in [0, 0.05) is 6.04 Å². The zero-order valence-electron chi connectivity index (χ0n) is 9.95. The Hall–Kier alpha value is -0.120. The van der Waals surface area contributed by atoms with E-state index in [1.807, 2.05) is 0 Å². The van der Waals surface area contributed by atoms with Gasteiger partial charge in [0.2, 0.25) is 0 Å². The van der Waals surface area contributed by atoms with Gasteiger partial charge in [-0.25, -0.2) is 0 Å². The van der Waals surface area contributed by atoms with Gasteiger partial charge >= 0.3 is 0 Å². The van der Waals surface area contributed by atoms with E-state index in [0.717, 1.165) is 11.8 Å². The Balaban J connectivity index is 2.25. The quantitative estimate of drug-likeness (QED) is 0.645. The van der Waals surface area contributed by atoms with Crippen molar-refractivity contribution >= 4 is 0 Å². The molecule has 0 radical (unpaired) electrons. The molecule has 1 rings (SSSR count). The Kier molecular flexibility index (Phi) is 5.58. The highest BCUT2D eigenvalue weighted by atomic mass is 16.3. The number of rotatable bonds is 5. The molecular weight excluding hydrogens is 190 g/mol. The van der Waals surface area contributed by atoms with Crippen molar-refractivity contribution in [2.24, 2.45) is 11.8 Å². The number of hydrogen-bond donors (Lipinski definition) is 3. The number of aliphatic hydroxyl groups excluding tert-OH is 2. The fourth-order valence-corrected chi connectivity index (χ4v) is 2.45. The molecule has 0 bridgehead atoms. The predicted octanol–water partition coefficient (Wildman–Crippen LogP) is 1.14. The maximum atomic E-state index is 8.97. The second kappa shape index (κ2) is 6.46. The van der Waals surface area contributed by atoms with Crippen molar-refractivity contribution < 1.29 is 10.2 Å². The molecule has 3 heteroatoms. The van der Waals surface area contributed by atoms with Gasteiger partial charge in [0.05, 0.1) is 19.3 Å². The molecule has 1 saturated carbocycles. The molecule has 0 heterocycles. The molecule has 90 valence electrons. The Morgan fingerprint density at radius 1 is 1.07 bits per heavy atom. The summed E-state index contributed by atoms with van der Waals surface area (Å²) in [4.78, 5) is 0. The van der Waals surface area contributed by atoms with E-state index in [4.69, 9.17) is 10.2 Å². The molecule has 0 amide bonds. The molecule has 0 unspecified atom stereocenters. The highest BCUT2D eigenvalue weighted by Gasteiger charge is 2.24. The summed E-state index contributed by atoms with van der Waals surface area (Å²) in [5, 5.41) is 21.3. The predicted molar refractivity (Wildman–Crippen MR) is 61.7 cm³/mol. The first kappa shape index (κ1) is 12.9. The minimum Gasteiger partial charge on any atom is -0.395 e. The van der Waals surface area contributed by atoms with Crippen LogP contribution in [0.3, 0.4) is 0 Å². The molecule has 0 aromatic carbocycles. The van der Waals surface area contributed by atoms with E-state index in [1.54, 1.807) is 0 Å². The van der Waals surface area contributed by atoms with Crippen LogP contribution in [0.2, 0.25) is 0 Å². The van der Waals surface area contributed by atoms with Gasteiger partial charge in [-0.2, -0.15) is 0 Å². The van der Waals surface area contributed by atoms with E-state index in [-0.39, 0.29) is 19.3 Å². The molecular formula is C12H25NO2. The molecule has 1 aliphatic carbocycles. The van der Waals surface area contributed by atoms with Gasteiger partial charge < -0.3 is 15.5 Å². The Morgan fingerprint density at radius 3 is 2.00 bits per heavy atom. The van der Waals surface area contributed by atoms with Gasteiger partial charge in [-0.1, -0.05) is 13.8 Å². The number of aliphatic hydroxyl groups is 2. The van der Waals surface area contributed by atoms with Gasteiger partial charge in [0.25, 0.3) is 0 Å². The second-order valence-corrected chi connectivity index (χ2v) is 5.08. The molecule has 0 aromatic heterocycles. The lowest BCUT2D eigenvalue weighted by molar-refractivity contribution is 0.145. The molecule has 0 aromatic rings. The Morgan fingerprint density at radius 2 is 1.60 bits per heavy atom. The minimum absolute atomic E-state index is 0.0284. The fraction of sp³-hybridized carbons (Fsp3) is 1.00. The average Bonchev–Trinajstić information content (AvgIpc) is 2.26. The van der Waals surface area contributed by atoms with Crippen molar-refractivity contribution in [2.75, 3.05) is 13.2 Å². The minimum atomic E-state index is -0.134. The van der Waals surface area contributed by atoms with E-state index < -0.39 is 0 Å². The van der Waals surface area contributed by atoms with Crippen molar-refractivity contribution in [1.82, 2.24) is 5.32 Å². The van der Waals surface area contributed by atoms with E-state index >= 15 is 0 Å². The molecule has 15 heavy (non-hydrogen) atoms. The van der Waals surface area contributed by atoms with Gasteiger partial charge in [0.1, 0.15) is 0 Å². The second-order valence-electron chi connectivity index (χ2n) is 5.08.